The summed E-state index contributed by atoms with van der Waals surface area (Å²) in [5.74, 6) is -0.0754. The van der Waals surface area contributed by atoms with Crippen LogP contribution in [0, 0.1) is 5.82 Å². The molecular weight excluding hydrogens is 348 g/mol. The Morgan fingerprint density at radius 2 is 1.88 bits per heavy atom. The Kier molecular flexibility index (Phi) is 5.46. The maximum atomic E-state index is 13.9. The van der Waals surface area contributed by atoms with E-state index in [-0.39, 0.29) is 11.6 Å². The molecule has 0 saturated carbocycles. The smallest absolute Gasteiger partial charge is 0.422 e. The van der Waals surface area contributed by atoms with Crippen molar-refractivity contribution in [3.05, 3.63) is 65.6 Å². The Morgan fingerprint density at radius 3 is 2.69 bits per heavy atom. The molecule has 0 aliphatic rings. The summed E-state index contributed by atoms with van der Waals surface area (Å²) in [5, 5.41) is 3.80. The van der Waals surface area contributed by atoms with Gasteiger partial charge in [-0.2, -0.15) is 13.2 Å². The van der Waals surface area contributed by atoms with E-state index in [1.165, 1.54) is 12.1 Å². The number of aromatic amines is 1. The number of alkyl halides is 3. The van der Waals surface area contributed by atoms with Crippen LogP contribution in [0.15, 0.2) is 48.7 Å². The van der Waals surface area contributed by atoms with Crippen molar-refractivity contribution < 1.29 is 22.3 Å². The Labute approximate surface area is 148 Å². The molecule has 7 heteroatoms. The molecular formula is C19H18F4N2O. The van der Waals surface area contributed by atoms with Crippen LogP contribution in [0.4, 0.5) is 17.6 Å². The third kappa shape index (κ3) is 4.76. The van der Waals surface area contributed by atoms with Crippen LogP contribution in [0.25, 0.3) is 10.9 Å². The summed E-state index contributed by atoms with van der Waals surface area (Å²) in [5.41, 5.74) is 2.46. The molecule has 0 atom stereocenters. The molecule has 0 aliphatic carbocycles. The van der Waals surface area contributed by atoms with Gasteiger partial charge in [-0.25, -0.2) is 4.39 Å². The maximum absolute atomic E-state index is 13.9. The quantitative estimate of drug-likeness (QED) is 0.474. The highest BCUT2D eigenvalue weighted by Gasteiger charge is 2.28. The van der Waals surface area contributed by atoms with Gasteiger partial charge in [0.25, 0.3) is 0 Å². The predicted octanol–water partition coefficient (Wildman–Crippen LogP) is 4.58. The molecule has 26 heavy (non-hydrogen) atoms. The summed E-state index contributed by atoms with van der Waals surface area (Å²) in [6.45, 7) is -0.223. The van der Waals surface area contributed by atoms with Gasteiger partial charge in [0.05, 0.1) is 0 Å². The fourth-order valence-electron chi connectivity index (χ4n) is 2.77. The average Bonchev–Trinajstić information content (AvgIpc) is 3.01. The van der Waals surface area contributed by atoms with E-state index in [1.54, 1.807) is 30.5 Å². The van der Waals surface area contributed by atoms with Crippen LogP contribution >= 0.6 is 0 Å². The Morgan fingerprint density at radius 1 is 1.08 bits per heavy atom. The van der Waals surface area contributed by atoms with Crippen molar-refractivity contribution in [2.45, 2.75) is 19.1 Å². The lowest BCUT2D eigenvalue weighted by Crippen LogP contribution is -2.19. The average molecular weight is 366 g/mol. The minimum atomic E-state index is -4.36. The monoisotopic (exact) mass is 366 g/mol. The molecule has 0 radical (unpaired) electrons. The fraction of sp³-hybridized carbons (Fsp3) is 0.263. The number of halogens is 4. The molecule has 3 nitrogen and oxygen atoms in total. The summed E-state index contributed by atoms with van der Waals surface area (Å²) < 4.78 is 55.3. The molecule has 1 aromatic heterocycles. The normalized spacial score (nSPS) is 11.8. The van der Waals surface area contributed by atoms with E-state index in [9.17, 15) is 17.6 Å². The number of ether oxygens (including phenoxy) is 1. The van der Waals surface area contributed by atoms with E-state index in [2.05, 4.69) is 10.3 Å². The molecule has 0 unspecified atom stereocenters. The van der Waals surface area contributed by atoms with Crippen molar-refractivity contribution in [2.75, 3.05) is 13.2 Å². The minimum Gasteiger partial charge on any atom is -0.484 e. The zero-order valence-electron chi connectivity index (χ0n) is 13.9. The van der Waals surface area contributed by atoms with Gasteiger partial charge in [-0.3, -0.25) is 0 Å². The first-order valence-corrected chi connectivity index (χ1v) is 8.16. The van der Waals surface area contributed by atoms with Crippen molar-refractivity contribution in [2.24, 2.45) is 0 Å². The molecule has 0 aliphatic heterocycles. The van der Waals surface area contributed by atoms with Crippen LogP contribution in [0.2, 0.25) is 0 Å². The first kappa shape index (κ1) is 18.3. The van der Waals surface area contributed by atoms with Crippen LogP contribution in [0.3, 0.4) is 0 Å². The van der Waals surface area contributed by atoms with Gasteiger partial charge in [-0.15, -0.1) is 0 Å². The van der Waals surface area contributed by atoms with Crippen LogP contribution in [0.1, 0.15) is 11.1 Å². The molecule has 138 valence electrons. The molecule has 0 spiro atoms. The van der Waals surface area contributed by atoms with Crippen LogP contribution in [0.5, 0.6) is 5.75 Å². The Bertz CT molecular complexity index is 873. The van der Waals surface area contributed by atoms with E-state index in [4.69, 9.17) is 4.74 Å². The number of H-pyrrole nitrogens is 1. The first-order valence-electron chi connectivity index (χ1n) is 8.16. The lowest BCUT2D eigenvalue weighted by molar-refractivity contribution is -0.153. The molecule has 0 saturated heterocycles. The second kappa shape index (κ2) is 7.78. The van der Waals surface area contributed by atoms with Crippen molar-refractivity contribution in [1.82, 2.24) is 10.3 Å². The summed E-state index contributed by atoms with van der Waals surface area (Å²) in [7, 11) is 0. The van der Waals surface area contributed by atoms with Gasteiger partial charge in [0.2, 0.25) is 0 Å². The van der Waals surface area contributed by atoms with E-state index < -0.39 is 12.8 Å². The van der Waals surface area contributed by atoms with Crippen molar-refractivity contribution >= 4 is 10.9 Å². The second-order valence-corrected chi connectivity index (χ2v) is 5.95. The lowest BCUT2D eigenvalue weighted by atomic mass is 10.1. The molecule has 2 N–H and O–H groups in total. The summed E-state index contributed by atoms with van der Waals surface area (Å²) in [6, 6.07) is 11.4. The summed E-state index contributed by atoms with van der Waals surface area (Å²) in [6.07, 6.45) is -1.94. The third-order valence-electron chi connectivity index (χ3n) is 3.94. The Hall–Kier alpha value is -2.54. The molecule has 0 amide bonds. The van der Waals surface area contributed by atoms with E-state index in [0.29, 0.717) is 24.9 Å². The van der Waals surface area contributed by atoms with Gasteiger partial charge in [-0.05, 0) is 48.4 Å². The van der Waals surface area contributed by atoms with Crippen molar-refractivity contribution in [1.29, 1.82) is 0 Å². The molecule has 1 heterocycles. The van der Waals surface area contributed by atoms with E-state index in [0.717, 1.165) is 16.6 Å². The van der Waals surface area contributed by atoms with Gasteiger partial charge < -0.3 is 15.0 Å². The van der Waals surface area contributed by atoms with E-state index >= 15 is 0 Å². The van der Waals surface area contributed by atoms with Gasteiger partial charge in [0, 0.05) is 23.6 Å². The lowest BCUT2D eigenvalue weighted by Gasteiger charge is -2.10. The van der Waals surface area contributed by atoms with Gasteiger partial charge in [0.1, 0.15) is 11.6 Å². The van der Waals surface area contributed by atoms with Crippen molar-refractivity contribution in [3.8, 4) is 5.75 Å². The summed E-state index contributed by atoms with van der Waals surface area (Å²) >= 11 is 0. The van der Waals surface area contributed by atoms with Crippen LogP contribution in [-0.2, 0) is 13.0 Å². The van der Waals surface area contributed by atoms with Gasteiger partial charge in [-0.1, -0.05) is 18.2 Å². The molecule has 3 rings (SSSR count). The molecule has 2 aromatic carbocycles. The van der Waals surface area contributed by atoms with Crippen LogP contribution < -0.4 is 10.1 Å². The molecule has 3 aromatic rings. The molecule has 0 bridgehead atoms. The minimum absolute atomic E-state index is 0.181. The van der Waals surface area contributed by atoms with Gasteiger partial charge in [0.15, 0.2) is 6.61 Å². The topological polar surface area (TPSA) is 37.0 Å². The number of benzene rings is 2. The predicted molar refractivity (Wildman–Crippen MR) is 91.7 cm³/mol. The molecule has 0 fully saturated rings. The number of hydrogen-bond donors (Lipinski definition) is 2. The standard InChI is InChI=1S/C19H18F4N2O/c20-16-5-2-6-17-18(16)14(11-25-17)7-8-24-10-13-3-1-4-15(9-13)26-12-19(21,22)23/h1-6,9,11,24-25H,7-8,10,12H2. The highest BCUT2D eigenvalue weighted by molar-refractivity contribution is 5.83. The first-order chi connectivity index (χ1) is 12.4. The number of rotatable bonds is 7. The fourth-order valence-corrected chi connectivity index (χ4v) is 2.77. The number of aromatic nitrogens is 1. The third-order valence-corrected chi connectivity index (χ3v) is 3.94. The van der Waals surface area contributed by atoms with Crippen LogP contribution in [-0.4, -0.2) is 24.3 Å². The van der Waals surface area contributed by atoms with Gasteiger partial charge >= 0.3 is 6.18 Å². The highest BCUT2D eigenvalue weighted by atomic mass is 19.4. The maximum Gasteiger partial charge on any atom is 0.422 e. The zero-order chi connectivity index (χ0) is 18.6. The SMILES string of the molecule is Fc1cccc2[nH]cc(CCNCc3cccc(OCC(F)(F)F)c3)c12. The number of hydrogen-bond acceptors (Lipinski definition) is 2. The zero-order valence-corrected chi connectivity index (χ0v) is 13.9. The number of fused-ring (bicyclic) bond motifs is 1. The summed E-state index contributed by atoms with van der Waals surface area (Å²) in [4.78, 5) is 3.05. The van der Waals surface area contributed by atoms with E-state index in [1.807, 2.05) is 6.07 Å². The number of nitrogens with one attached hydrogen (secondary N) is 2. The largest absolute Gasteiger partial charge is 0.484 e. The Balaban J connectivity index is 1.52. The van der Waals surface area contributed by atoms with Crippen molar-refractivity contribution in [3.63, 3.8) is 0 Å². The highest BCUT2D eigenvalue weighted by Crippen LogP contribution is 2.22. The second-order valence-electron chi connectivity index (χ2n) is 5.95.